The molecule has 1 N–H and O–H groups in total. The second-order valence-electron chi connectivity index (χ2n) is 4.49. The number of rotatable bonds is 5. The Labute approximate surface area is 118 Å². The Morgan fingerprint density at radius 2 is 1.85 bits per heavy atom. The van der Waals surface area contributed by atoms with Crippen molar-refractivity contribution < 1.29 is 13.9 Å². The van der Waals surface area contributed by atoms with E-state index in [1.807, 2.05) is 31.2 Å². The Morgan fingerprint density at radius 1 is 1.05 bits per heavy atom. The van der Waals surface area contributed by atoms with Gasteiger partial charge in [0.15, 0.2) is 0 Å². The number of benzene rings is 2. The molecule has 20 heavy (non-hydrogen) atoms. The molecule has 2 rings (SSSR count). The van der Waals surface area contributed by atoms with Crippen LogP contribution in [0.2, 0.25) is 0 Å². The van der Waals surface area contributed by atoms with Crippen LogP contribution in [0, 0.1) is 5.82 Å². The molecule has 1 unspecified atom stereocenters. The van der Waals surface area contributed by atoms with Gasteiger partial charge in [-0.3, -0.25) is 0 Å². The first kappa shape index (κ1) is 14.2. The summed E-state index contributed by atoms with van der Waals surface area (Å²) in [6.07, 6.45) is 0. The van der Waals surface area contributed by atoms with Crippen molar-refractivity contribution >= 4 is 5.69 Å². The lowest BCUT2D eigenvalue weighted by Crippen LogP contribution is -2.08. The van der Waals surface area contributed by atoms with Crippen LogP contribution in [0.15, 0.2) is 42.5 Å². The highest BCUT2D eigenvalue weighted by Crippen LogP contribution is 2.29. The smallest absolute Gasteiger partial charge is 0.144 e. The second-order valence-corrected chi connectivity index (χ2v) is 4.49. The van der Waals surface area contributed by atoms with Gasteiger partial charge in [-0.2, -0.15) is 0 Å². The van der Waals surface area contributed by atoms with Crippen molar-refractivity contribution in [2.45, 2.75) is 13.0 Å². The molecule has 0 spiro atoms. The Balaban J connectivity index is 2.20. The summed E-state index contributed by atoms with van der Waals surface area (Å²) in [5.41, 5.74) is 1.83. The number of anilines is 1. The molecule has 0 fully saturated rings. The summed E-state index contributed by atoms with van der Waals surface area (Å²) < 4.78 is 23.6. The first-order valence-electron chi connectivity index (χ1n) is 6.38. The van der Waals surface area contributed by atoms with Gasteiger partial charge in [-0.1, -0.05) is 12.1 Å². The molecule has 0 aliphatic carbocycles. The van der Waals surface area contributed by atoms with E-state index in [0.717, 1.165) is 17.0 Å². The van der Waals surface area contributed by atoms with E-state index in [9.17, 15) is 4.39 Å². The van der Waals surface area contributed by atoms with Crippen molar-refractivity contribution in [1.29, 1.82) is 0 Å². The van der Waals surface area contributed by atoms with E-state index in [2.05, 4.69) is 5.32 Å². The van der Waals surface area contributed by atoms with Gasteiger partial charge in [-0.25, -0.2) is 4.39 Å². The molecule has 106 valence electrons. The summed E-state index contributed by atoms with van der Waals surface area (Å²) in [5, 5.41) is 3.31. The van der Waals surface area contributed by atoms with E-state index in [-0.39, 0.29) is 11.9 Å². The molecule has 2 aromatic rings. The van der Waals surface area contributed by atoms with Crippen LogP contribution in [0.3, 0.4) is 0 Å². The zero-order chi connectivity index (χ0) is 14.5. The Kier molecular flexibility index (Phi) is 4.45. The zero-order valence-electron chi connectivity index (χ0n) is 11.8. The number of hydrogen-bond acceptors (Lipinski definition) is 3. The number of methoxy groups -OCH3 is 2. The third-order valence-electron chi connectivity index (χ3n) is 3.13. The standard InChI is InChI=1S/C16H18FNO2/c1-11(12-5-4-6-14(9-12)19-2)18-15-8-7-13(17)10-16(15)20-3/h4-11,18H,1-3H3. The van der Waals surface area contributed by atoms with E-state index in [1.54, 1.807) is 13.2 Å². The average Bonchev–Trinajstić information content (AvgIpc) is 2.49. The maximum atomic E-state index is 13.2. The fraction of sp³-hybridized carbons (Fsp3) is 0.250. The van der Waals surface area contributed by atoms with Gasteiger partial charge in [0.1, 0.15) is 17.3 Å². The summed E-state index contributed by atoms with van der Waals surface area (Å²) in [4.78, 5) is 0. The van der Waals surface area contributed by atoms with E-state index in [0.29, 0.717) is 5.75 Å². The highest BCUT2D eigenvalue weighted by Gasteiger charge is 2.10. The molecular weight excluding hydrogens is 257 g/mol. The van der Waals surface area contributed by atoms with Crippen molar-refractivity contribution in [2.75, 3.05) is 19.5 Å². The molecule has 0 saturated carbocycles. The normalized spacial score (nSPS) is 11.8. The van der Waals surface area contributed by atoms with Crippen LogP contribution in [0.1, 0.15) is 18.5 Å². The number of ether oxygens (including phenoxy) is 2. The lowest BCUT2D eigenvalue weighted by Gasteiger charge is -2.18. The van der Waals surface area contributed by atoms with Crippen molar-refractivity contribution in [3.63, 3.8) is 0 Å². The van der Waals surface area contributed by atoms with Crippen molar-refractivity contribution in [1.82, 2.24) is 0 Å². The van der Waals surface area contributed by atoms with E-state index >= 15 is 0 Å². The van der Waals surface area contributed by atoms with Gasteiger partial charge in [0.2, 0.25) is 0 Å². The Bertz CT molecular complexity index is 586. The summed E-state index contributed by atoms with van der Waals surface area (Å²) in [7, 11) is 3.16. The number of halogens is 1. The Hall–Kier alpha value is -2.23. The van der Waals surface area contributed by atoms with Gasteiger partial charge in [0.25, 0.3) is 0 Å². The molecule has 4 heteroatoms. The molecule has 0 aliphatic rings. The first-order chi connectivity index (χ1) is 9.63. The molecule has 0 radical (unpaired) electrons. The molecular formula is C16H18FNO2. The molecule has 2 aromatic carbocycles. The van der Waals surface area contributed by atoms with Gasteiger partial charge < -0.3 is 14.8 Å². The molecule has 0 saturated heterocycles. The third-order valence-corrected chi connectivity index (χ3v) is 3.13. The van der Waals surface area contributed by atoms with Gasteiger partial charge >= 0.3 is 0 Å². The molecule has 3 nitrogen and oxygen atoms in total. The molecule has 0 aromatic heterocycles. The maximum Gasteiger partial charge on any atom is 0.144 e. The van der Waals surface area contributed by atoms with Crippen LogP contribution in [0.25, 0.3) is 0 Å². The summed E-state index contributed by atoms with van der Waals surface area (Å²) >= 11 is 0. The van der Waals surface area contributed by atoms with Gasteiger partial charge in [0.05, 0.1) is 19.9 Å². The fourth-order valence-electron chi connectivity index (χ4n) is 2.01. The fourth-order valence-corrected chi connectivity index (χ4v) is 2.01. The molecule has 1 atom stereocenters. The molecule has 0 bridgehead atoms. The van der Waals surface area contributed by atoms with E-state index in [4.69, 9.17) is 9.47 Å². The lowest BCUT2D eigenvalue weighted by atomic mass is 10.1. The van der Waals surface area contributed by atoms with Gasteiger partial charge in [-0.15, -0.1) is 0 Å². The Morgan fingerprint density at radius 3 is 2.55 bits per heavy atom. The highest BCUT2D eigenvalue weighted by atomic mass is 19.1. The second kappa shape index (κ2) is 6.28. The molecule has 0 heterocycles. The SMILES string of the molecule is COc1cccc(C(C)Nc2ccc(F)cc2OC)c1. The summed E-state index contributed by atoms with van der Waals surface area (Å²) in [5.74, 6) is 0.975. The lowest BCUT2D eigenvalue weighted by molar-refractivity contribution is 0.412. The van der Waals surface area contributed by atoms with Crippen LogP contribution in [0.4, 0.5) is 10.1 Å². The van der Waals surface area contributed by atoms with Crippen LogP contribution < -0.4 is 14.8 Å². The van der Waals surface area contributed by atoms with Crippen molar-refractivity contribution in [3.8, 4) is 11.5 Å². The number of hydrogen-bond donors (Lipinski definition) is 1. The zero-order valence-corrected chi connectivity index (χ0v) is 11.8. The van der Waals surface area contributed by atoms with Crippen LogP contribution >= 0.6 is 0 Å². The largest absolute Gasteiger partial charge is 0.497 e. The predicted molar refractivity (Wildman–Crippen MR) is 78.0 cm³/mol. The van der Waals surface area contributed by atoms with Crippen LogP contribution in [-0.2, 0) is 0 Å². The van der Waals surface area contributed by atoms with Crippen molar-refractivity contribution in [2.24, 2.45) is 0 Å². The van der Waals surface area contributed by atoms with E-state index in [1.165, 1.54) is 19.2 Å². The van der Waals surface area contributed by atoms with Crippen LogP contribution in [-0.4, -0.2) is 14.2 Å². The maximum absolute atomic E-state index is 13.2. The monoisotopic (exact) mass is 275 g/mol. The minimum atomic E-state index is -0.318. The van der Waals surface area contributed by atoms with E-state index < -0.39 is 0 Å². The molecule has 0 aliphatic heterocycles. The molecule has 0 amide bonds. The quantitative estimate of drug-likeness (QED) is 0.894. The topological polar surface area (TPSA) is 30.5 Å². The highest BCUT2D eigenvalue weighted by molar-refractivity contribution is 5.57. The van der Waals surface area contributed by atoms with Gasteiger partial charge in [-0.05, 0) is 36.8 Å². The summed E-state index contributed by atoms with van der Waals surface area (Å²) in [6.45, 7) is 2.03. The minimum Gasteiger partial charge on any atom is -0.497 e. The van der Waals surface area contributed by atoms with Crippen LogP contribution in [0.5, 0.6) is 11.5 Å². The van der Waals surface area contributed by atoms with Crippen molar-refractivity contribution in [3.05, 3.63) is 53.8 Å². The predicted octanol–water partition coefficient (Wildman–Crippen LogP) is 4.02. The average molecular weight is 275 g/mol. The van der Waals surface area contributed by atoms with Gasteiger partial charge in [0, 0.05) is 12.1 Å². The summed E-state index contributed by atoms with van der Waals surface area (Å²) in [6, 6.07) is 12.3. The minimum absolute atomic E-state index is 0.0458. The number of nitrogens with one attached hydrogen (secondary N) is 1. The third kappa shape index (κ3) is 3.20. The first-order valence-corrected chi connectivity index (χ1v) is 6.38.